The number of benzene rings is 2. The molecule has 4 atom stereocenters. The van der Waals surface area contributed by atoms with E-state index in [4.69, 9.17) is 18.9 Å². The molecule has 0 aromatic heterocycles. The predicted octanol–water partition coefficient (Wildman–Crippen LogP) is 4.31. The van der Waals surface area contributed by atoms with Crippen LogP contribution in [0.5, 0.6) is 11.5 Å². The third-order valence-electron chi connectivity index (χ3n) is 7.82. The maximum atomic E-state index is 12.9. The normalized spacial score (nSPS) is 23.3. The second kappa shape index (κ2) is 12.6. The van der Waals surface area contributed by atoms with Gasteiger partial charge >= 0.3 is 12.2 Å². The molecule has 0 aliphatic carbocycles. The van der Waals surface area contributed by atoms with E-state index in [1.807, 2.05) is 51.1 Å². The summed E-state index contributed by atoms with van der Waals surface area (Å²) in [6.45, 7) is 7.04. The molecule has 3 aliphatic rings. The van der Waals surface area contributed by atoms with E-state index in [1.54, 1.807) is 18.2 Å². The van der Waals surface area contributed by atoms with Crippen molar-refractivity contribution in [3.05, 3.63) is 59.7 Å². The second-order valence-corrected chi connectivity index (χ2v) is 12.1. The summed E-state index contributed by atoms with van der Waals surface area (Å²) in [6, 6.07) is 14.6. The van der Waals surface area contributed by atoms with Crippen molar-refractivity contribution in [3.63, 3.8) is 0 Å². The van der Waals surface area contributed by atoms with Gasteiger partial charge in [0.2, 0.25) is 0 Å². The van der Waals surface area contributed by atoms with Crippen LogP contribution in [0.25, 0.3) is 0 Å². The number of carbonyl (C=O) groups is 2. The molecule has 2 unspecified atom stereocenters. The topological polar surface area (TPSA) is 119 Å². The zero-order valence-corrected chi connectivity index (χ0v) is 24.0. The zero-order chi connectivity index (χ0) is 29.0. The number of rotatable bonds is 8. The van der Waals surface area contributed by atoms with Crippen LogP contribution < -0.4 is 20.1 Å². The monoisotopic (exact) mass is 567 g/mol. The molecule has 2 saturated heterocycles. The molecule has 2 amide bonds. The number of carbonyl (C=O) groups excluding carboxylic acids is 2. The largest absolute Gasteiger partial charge is 0.486 e. The van der Waals surface area contributed by atoms with Crippen LogP contribution in [0.15, 0.2) is 48.5 Å². The summed E-state index contributed by atoms with van der Waals surface area (Å²) >= 11 is 0. The molecule has 2 fully saturated rings. The number of nitrogens with zero attached hydrogens (tertiary/aromatic N) is 1. The summed E-state index contributed by atoms with van der Waals surface area (Å²) in [4.78, 5) is 27.7. The summed E-state index contributed by atoms with van der Waals surface area (Å²) in [5, 5.41) is 17.5. The molecule has 3 N–H and O–H groups in total. The Kier molecular flexibility index (Phi) is 8.89. The van der Waals surface area contributed by atoms with Crippen LogP contribution in [0.2, 0.25) is 0 Å². The summed E-state index contributed by atoms with van der Waals surface area (Å²) in [6.07, 6.45) is 1.54. The zero-order valence-electron chi connectivity index (χ0n) is 24.0. The fourth-order valence-electron chi connectivity index (χ4n) is 6.01. The molecule has 3 aliphatic heterocycles. The quantitative estimate of drug-likeness (QED) is 0.432. The third kappa shape index (κ3) is 7.62. The van der Waals surface area contributed by atoms with Crippen LogP contribution in [0.4, 0.5) is 9.59 Å². The first-order chi connectivity index (χ1) is 19.6. The molecule has 2 bridgehead atoms. The van der Waals surface area contributed by atoms with Gasteiger partial charge in [0.25, 0.3) is 0 Å². The van der Waals surface area contributed by atoms with E-state index in [9.17, 15) is 14.7 Å². The van der Waals surface area contributed by atoms with Gasteiger partial charge in [-0.05, 0) is 69.7 Å². The summed E-state index contributed by atoms with van der Waals surface area (Å²) in [5.74, 6) is 1.21. The number of aliphatic hydroxyl groups is 1. The highest BCUT2D eigenvalue weighted by Crippen LogP contribution is 2.38. The number of piperidine rings is 1. The average Bonchev–Trinajstić information content (AvgIpc) is 3.17. The van der Waals surface area contributed by atoms with Crippen molar-refractivity contribution in [1.82, 2.24) is 15.5 Å². The molecule has 5 rings (SSSR count). The Hall–Kier alpha value is -3.50. The SMILES string of the molecule is CC(C)(C)OC(=O)NC1CC2CCC(C1)N2C[C@@H](NC(=O)OCc1ccccc1)[C@H](O)c1ccc2c(c1)OCCO2. The minimum absolute atomic E-state index is 0.0172. The molecule has 0 radical (unpaired) electrons. The van der Waals surface area contributed by atoms with E-state index in [-0.39, 0.29) is 24.7 Å². The lowest BCUT2D eigenvalue weighted by Crippen LogP contribution is -2.55. The molecular weight excluding hydrogens is 526 g/mol. The number of ether oxygens (including phenoxy) is 4. The minimum atomic E-state index is -1.01. The van der Waals surface area contributed by atoms with Crippen LogP contribution in [-0.4, -0.2) is 71.7 Å². The van der Waals surface area contributed by atoms with Gasteiger partial charge in [0.1, 0.15) is 31.5 Å². The Morgan fingerprint density at radius 2 is 1.68 bits per heavy atom. The highest BCUT2D eigenvalue weighted by atomic mass is 16.6. The van der Waals surface area contributed by atoms with Gasteiger partial charge in [0.15, 0.2) is 11.5 Å². The van der Waals surface area contributed by atoms with E-state index < -0.39 is 29.9 Å². The van der Waals surface area contributed by atoms with Crippen LogP contribution in [0.3, 0.4) is 0 Å². The number of nitrogens with one attached hydrogen (secondary N) is 2. The summed E-state index contributed by atoms with van der Waals surface area (Å²) in [7, 11) is 0. The number of amides is 2. The molecule has 0 spiro atoms. The molecule has 10 nitrogen and oxygen atoms in total. The van der Waals surface area contributed by atoms with E-state index in [2.05, 4.69) is 15.5 Å². The molecule has 10 heteroatoms. The van der Waals surface area contributed by atoms with Crippen LogP contribution in [-0.2, 0) is 16.1 Å². The summed E-state index contributed by atoms with van der Waals surface area (Å²) < 4.78 is 22.3. The van der Waals surface area contributed by atoms with Crippen molar-refractivity contribution >= 4 is 12.2 Å². The van der Waals surface area contributed by atoms with Gasteiger partial charge < -0.3 is 34.7 Å². The molecule has 2 aromatic carbocycles. The van der Waals surface area contributed by atoms with Gasteiger partial charge in [-0.2, -0.15) is 0 Å². The van der Waals surface area contributed by atoms with Crippen LogP contribution in [0, 0.1) is 0 Å². The average molecular weight is 568 g/mol. The number of hydrogen-bond donors (Lipinski definition) is 3. The predicted molar refractivity (Wildman–Crippen MR) is 152 cm³/mol. The Morgan fingerprint density at radius 3 is 2.37 bits per heavy atom. The number of hydrogen-bond acceptors (Lipinski definition) is 8. The first-order valence-electron chi connectivity index (χ1n) is 14.4. The fourth-order valence-corrected chi connectivity index (χ4v) is 6.01. The Bertz CT molecular complexity index is 1190. The van der Waals surface area contributed by atoms with E-state index in [0.717, 1.165) is 31.2 Å². The van der Waals surface area contributed by atoms with Crippen molar-refractivity contribution < 1.29 is 33.6 Å². The second-order valence-electron chi connectivity index (χ2n) is 12.1. The van der Waals surface area contributed by atoms with Gasteiger partial charge in [-0.15, -0.1) is 0 Å². The van der Waals surface area contributed by atoms with Gasteiger partial charge in [-0.3, -0.25) is 4.90 Å². The van der Waals surface area contributed by atoms with Crippen molar-refractivity contribution in [2.75, 3.05) is 19.8 Å². The first kappa shape index (κ1) is 29.0. The van der Waals surface area contributed by atoms with Gasteiger partial charge in [-0.1, -0.05) is 36.4 Å². The third-order valence-corrected chi connectivity index (χ3v) is 7.82. The highest BCUT2D eigenvalue weighted by molar-refractivity contribution is 5.68. The fraction of sp³-hybridized carbons (Fsp3) is 0.548. The maximum absolute atomic E-state index is 12.9. The number of aliphatic hydroxyl groups excluding tert-OH is 1. The molecule has 2 aromatic rings. The van der Waals surface area contributed by atoms with Crippen LogP contribution >= 0.6 is 0 Å². The summed E-state index contributed by atoms with van der Waals surface area (Å²) in [5.41, 5.74) is 0.947. The molecule has 3 heterocycles. The first-order valence-corrected chi connectivity index (χ1v) is 14.4. The van der Waals surface area contributed by atoms with Gasteiger partial charge in [0.05, 0.1) is 6.04 Å². The Balaban J connectivity index is 1.27. The lowest BCUT2D eigenvalue weighted by molar-refractivity contribution is 0.0371. The molecule has 41 heavy (non-hydrogen) atoms. The van der Waals surface area contributed by atoms with Gasteiger partial charge in [0, 0.05) is 24.7 Å². The smallest absolute Gasteiger partial charge is 0.407 e. The van der Waals surface area contributed by atoms with Crippen molar-refractivity contribution in [2.45, 2.75) is 88.9 Å². The number of fused-ring (bicyclic) bond motifs is 3. The lowest BCUT2D eigenvalue weighted by atomic mass is 9.95. The standard InChI is InChI=1S/C31H41N3O7/c1-31(2,3)41-30(37)32-22-16-23-10-11-24(17-22)34(23)18-25(33-29(36)40-19-20-7-5-4-6-8-20)28(35)21-9-12-26-27(15-21)39-14-13-38-26/h4-9,12,15,22-25,28,35H,10-11,13-14,16-19H2,1-3H3,(H,32,37)(H,33,36)/t22?,23?,24?,25-,28-/m1/s1. The van der Waals surface area contributed by atoms with E-state index in [1.165, 1.54) is 0 Å². The lowest BCUT2D eigenvalue weighted by Gasteiger charge is -2.41. The number of alkyl carbamates (subject to hydrolysis) is 2. The molecule has 222 valence electrons. The van der Waals surface area contributed by atoms with Crippen molar-refractivity contribution in [3.8, 4) is 11.5 Å². The molecule has 0 saturated carbocycles. The highest BCUT2D eigenvalue weighted by Gasteiger charge is 2.43. The van der Waals surface area contributed by atoms with Crippen LogP contribution in [0.1, 0.15) is 63.7 Å². The van der Waals surface area contributed by atoms with Crippen molar-refractivity contribution in [2.24, 2.45) is 0 Å². The Morgan fingerprint density at radius 1 is 1.00 bits per heavy atom. The van der Waals surface area contributed by atoms with E-state index >= 15 is 0 Å². The van der Waals surface area contributed by atoms with E-state index in [0.29, 0.717) is 36.8 Å². The van der Waals surface area contributed by atoms with Crippen molar-refractivity contribution in [1.29, 1.82) is 0 Å². The molecular formula is C31H41N3O7. The minimum Gasteiger partial charge on any atom is -0.486 e. The Labute approximate surface area is 241 Å². The van der Waals surface area contributed by atoms with Gasteiger partial charge in [-0.25, -0.2) is 9.59 Å². The maximum Gasteiger partial charge on any atom is 0.407 e.